The molecule has 0 aliphatic rings. The fourth-order valence-electron chi connectivity index (χ4n) is 3.22. The number of ether oxygens (including phenoxy) is 2. The van der Waals surface area contributed by atoms with Gasteiger partial charge in [-0.25, -0.2) is 0 Å². The van der Waals surface area contributed by atoms with Gasteiger partial charge in [0.15, 0.2) is 16.7 Å². The van der Waals surface area contributed by atoms with E-state index in [1.165, 1.54) is 11.8 Å². The topological polar surface area (TPSA) is 92.3 Å². The van der Waals surface area contributed by atoms with E-state index in [0.29, 0.717) is 29.9 Å². The number of benzene rings is 2. The lowest BCUT2D eigenvalue weighted by Gasteiger charge is -2.17. The molecule has 0 radical (unpaired) electrons. The number of aryl methyl sites for hydroxylation is 2. The minimum absolute atomic E-state index is 0.260. The Balaban J connectivity index is 1.99. The van der Waals surface area contributed by atoms with Crippen LogP contribution < -0.4 is 9.47 Å². The highest BCUT2D eigenvalue weighted by Gasteiger charge is 2.25. The van der Waals surface area contributed by atoms with Gasteiger partial charge in [0.25, 0.3) is 0 Å². The van der Waals surface area contributed by atoms with Crippen LogP contribution in [0.15, 0.2) is 47.6 Å². The van der Waals surface area contributed by atoms with Gasteiger partial charge >= 0.3 is 0 Å². The first-order chi connectivity index (χ1) is 14.9. The van der Waals surface area contributed by atoms with E-state index < -0.39 is 5.25 Å². The lowest BCUT2D eigenvalue weighted by molar-refractivity contribution is -0.479. The molecule has 0 fully saturated rings. The van der Waals surface area contributed by atoms with E-state index in [9.17, 15) is 10.1 Å². The molecule has 0 N–H and O–H groups in total. The van der Waals surface area contributed by atoms with Crippen molar-refractivity contribution in [2.24, 2.45) is 0 Å². The number of hydrogen-bond donors (Lipinski definition) is 0. The maximum absolute atomic E-state index is 11.5. The molecule has 9 heteroatoms. The van der Waals surface area contributed by atoms with Gasteiger partial charge in [-0.15, -0.1) is 10.2 Å². The fourth-order valence-corrected chi connectivity index (χ4v) is 4.39. The van der Waals surface area contributed by atoms with Crippen molar-refractivity contribution in [3.63, 3.8) is 0 Å². The second-order valence-electron chi connectivity index (χ2n) is 6.90. The first-order valence-corrected chi connectivity index (χ1v) is 11.0. The molecule has 0 aliphatic heterocycles. The molecule has 31 heavy (non-hydrogen) atoms. The third-order valence-corrected chi connectivity index (χ3v) is 5.74. The Morgan fingerprint density at radius 2 is 1.81 bits per heavy atom. The van der Waals surface area contributed by atoms with Gasteiger partial charge in [0.2, 0.25) is 6.54 Å². The standard InChI is InChI=1S/C22H26N4O4S/c1-5-29-19-11-10-17(13-20(19)30-6-2)21(14-25(27)28)31-22-24-23-16(4)26(22)18-9-7-8-15(3)12-18/h7-13,21H,5-6,14H2,1-4H3/t21-/m1/s1. The van der Waals surface area contributed by atoms with E-state index in [2.05, 4.69) is 10.2 Å². The predicted molar refractivity (Wildman–Crippen MR) is 120 cm³/mol. The highest BCUT2D eigenvalue weighted by Crippen LogP contribution is 2.39. The molecule has 2 aromatic carbocycles. The number of rotatable bonds is 10. The SMILES string of the molecule is CCOc1ccc([C@@H](C[N+](=O)[O-])Sc2nnc(C)n2-c2cccc(C)c2)cc1OCC. The number of nitrogens with zero attached hydrogens (tertiary/aromatic N) is 4. The molecular formula is C22H26N4O4S. The molecule has 164 valence electrons. The average Bonchev–Trinajstić information content (AvgIpc) is 3.09. The van der Waals surface area contributed by atoms with Gasteiger partial charge in [0, 0.05) is 10.6 Å². The monoisotopic (exact) mass is 442 g/mol. The fraction of sp³-hybridized carbons (Fsp3) is 0.364. The third kappa shape index (κ3) is 5.55. The molecule has 1 aromatic heterocycles. The van der Waals surface area contributed by atoms with Gasteiger partial charge in [-0.1, -0.05) is 30.0 Å². The van der Waals surface area contributed by atoms with E-state index in [0.717, 1.165) is 22.6 Å². The molecule has 1 atom stereocenters. The van der Waals surface area contributed by atoms with E-state index in [1.54, 1.807) is 6.07 Å². The number of nitro groups is 1. The predicted octanol–water partition coefficient (Wildman–Crippen LogP) is 4.79. The summed E-state index contributed by atoms with van der Waals surface area (Å²) in [6.07, 6.45) is 0. The molecule has 0 unspecified atom stereocenters. The molecule has 0 saturated heterocycles. The van der Waals surface area contributed by atoms with Gasteiger partial charge < -0.3 is 9.47 Å². The van der Waals surface area contributed by atoms with E-state index in [1.807, 2.05) is 68.7 Å². The van der Waals surface area contributed by atoms with Gasteiger partial charge in [0.05, 0.1) is 13.2 Å². The van der Waals surface area contributed by atoms with Crippen LogP contribution in [0.25, 0.3) is 5.69 Å². The molecule has 1 heterocycles. The second kappa shape index (κ2) is 10.3. The summed E-state index contributed by atoms with van der Waals surface area (Å²) >= 11 is 1.32. The summed E-state index contributed by atoms with van der Waals surface area (Å²) in [5.74, 6) is 1.92. The maximum atomic E-state index is 11.5. The number of hydrogen-bond acceptors (Lipinski definition) is 7. The lowest BCUT2D eigenvalue weighted by atomic mass is 10.1. The molecule has 0 amide bonds. The molecular weight excluding hydrogens is 416 g/mol. The molecule has 3 rings (SSSR count). The zero-order valence-electron chi connectivity index (χ0n) is 18.1. The van der Waals surface area contributed by atoms with Gasteiger partial charge in [-0.3, -0.25) is 14.7 Å². The van der Waals surface area contributed by atoms with Crippen molar-refractivity contribution in [1.82, 2.24) is 14.8 Å². The Kier molecular flexibility index (Phi) is 7.51. The molecule has 3 aromatic rings. The Hall–Kier alpha value is -3.07. The third-order valence-electron chi connectivity index (χ3n) is 4.56. The summed E-state index contributed by atoms with van der Waals surface area (Å²) in [5, 5.41) is 20.1. The van der Waals surface area contributed by atoms with Crippen LogP contribution in [-0.4, -0.2) is 39.4 Å². The van der Waals surface area contributed by atoms with Crippen LogP contribution in [0.5, 0.6) is 11.5 Å². The number of aromatic nitrogens is 3. The van der Waals surface area contributed by atoms with Crippen molar-refractivity contribution in [1.29, 1.82) is 0 Å². The van der Waals surface area contributed by atoms with Crippen molar-refractivity contribution in [2.75, 3.05) is 19.8 Å². The van der Waals surface area contributed by atoms with Crippen LogP contribution in [0.2, 0.25) is 0 Å². The minimum atomic E-state index is -0.475. The number of thioether (sulfide) groups is 1. The van der Waals surface area contributed by atoms with Crippen LogP contribution in [0.3, 0.4) is 0 Å². The van der Waals surface area contributed by atoms with Crippen molar-refractivity contribution < 1.29 is 14.4 Å². The summed E-state index contributed by atoms with van der Waals surface area (Å²) in [4.78, 5) is 11.1. The quantitative estimate of drug-likeness (QED) is 0.253. The van der Waals surface area contributed by atoms with Gasteiger partial charge in [0.1, 0.15) is 11.1 Å². The molecule has 0 saturated carbocycles. The Morgan fingerprint density at radius 3 is 2.48 bits per heavy atom. The van der Waals surface area contributed by atoms with Crippen molar-refractivity contribution in [2.45, 2.75) is 38.1 Å². The van der Waals surface area contributed by atoms with Gasteiger partial charge in [-0.05, 0) is 63.1 Å². The van der Waals surface area contributed by atoms with E-state index >= 15 is 0 Å². The van der Waals surface area contributed by atoms with Crippen LogP contribution in [0.4, 0.5) is 0 Å². The smallest absolute Gasteiger partial charge is 0.220 e. The van der Waals surface area contributed by atoms with Gasteiger partial charge in [-0.2, -0.15) is 0 Å². The molecule has 0 spiro atoms. The van der Waals surface area contributed by atoms with Crippen molar-refractivity contribution in [3.05, 3.63) is 69.5 Å². The van der Waals surface area contributed by atoms with E-state index in [4.69, 9.17) is 9.47 Å². The normalized spacial score (nSPS) is 11.9. The van der Waals surface area contributed by atoms with Crippen molar-refractivity contribution >= 4 is 11.8 Å². The second-order valence-corrected chi connectivity index (χ2v) is 8.07. The zero-order chi connectivity index (χ0) is 22.4. The minimum Gasteiger partial charge on any atom is -0.490 e. The summed E-state index contributed by atoms with van der Waals surface area (Å²) in [6, 6.07) is 13.4. The summed E-state index contributed by atoms with van der Waals surface area (Å²) < 4.78 is 13.3. The van der Waals surface area contributed by atoms with Crippen LogP contribution in [-0.2, 0) is 0 Å². The molecule has 8 nitrogen and oxygen atoms in total. The van der Waals surface area contributed by atoms with Crippen LogP contribution >= 0.6 is 11.8 Å². The lowest BCUT2D eigenvalue weighted by Crippen LogP contribution is -2.11. The molecule has 0 aliphatic carbocycles. The van der Waals surface area contributed by atoms with Crippen LogP contribution in [0.1, 0.15) is 36.0 Å². The Morgan fingerprint density at radius 1 is 1.06 bits per heavy atom. The molecule has 0 bridgehead atoms. The largest absolute Gasteiger partial charge is 0.490 e. The summed E-state index contributed by atoms with van der Waals surface area (Å²) in [6.45, 7) is 8.38. The zero-order valence-corrected chi connectivity index (χ0v) is 18.9. The van der Waals surface area contributed by atoms with Crippen molar-refractivity contribution in [3.8, 4) is 17.2 Å². The first kappa shape index (κ1) is 22.6. The summed E-state index contributed by atoms with van der Waals surface area (Å²) in [5.41, 5.74) is 2.80. The average molecular weight is 443 g/mol. The highest BCUT2D eigenvalue weighted by atomic mass is 32.2. The van der Waals surface area contributed by atoms with E-state index in [-0.39, 0.29) is 11.5 Å². The highest BCUT2D eigenvalue weighted by molar-refractivity contribution is 7.99. The Bertz CT molecular complexity index is 1050. The first-order valence-electron chi connectivity index (χ1n) is 10.1. The maximum Gasteiger partial charge on any atom is 0.220 e. The van der Waals surface area contributed by atoms with Crippen LogP contribution in [0, 0.1) is 24.0 Å². The Labute approximate surface area is 185 Å². The summed E-state index contributed by atoms with van der Waals surface area (Å²) in [7, 11) is 0.